The molecule has 5 atom stereocenters. The van der Waals surface area contributed by atoms with Crippen molar-refractivity contribution in [3.05, 3.63) is 70.5 Å². The average molecular weight is 678 g/mol. The van der Waals surface area contributed by atoms with Gasteiger partial charge in [0.25, 0.3) is 5.91 Å². The van der Waals surface area contributed by atoms with Gasteiger partial charge in [0.2, 0.25) is 5.78 Å². The second-order valence-corrected chi connectivity index (χ2v) is 14.1. The van der Waals surface area contributed by atoms with Gasteiger partial charge in [-0.25, -0.2) is 0 Å². The van der Waals surface area contributed by atoms with Gasteiger partial charge in [0.15, 0.2) is 11.4 Å². The van der Waals surface area contributed by atoms with E-state index in [2.05, 4.69) is 5.32 Å². The summed E-state index contributed by atoms with van der Waals surface area (Å²) in [5.41, 5.74) is -5.11. The molecular formula is C34H40BN3O11. The Labute approximate surface area is 282 Å². The van der Waals surface area contributed by atoms with Crippen LogP contribution in [0.2, 0.25) is 0 Å². The zero-order chi connectivity index (χ0) is 35.3. The smallest absolute Gasteiger partial charge is 0.504 e. The fourth-order valence-electron chi connectivity index (χ4n) is 9.06. The number of methoxy groups -OCH3 is 1. The van der Waals surface area contributed by atoms with Crippen molar-refractivity contribution in [1.29, 1.82) is 0 Å². The highest BCUT2D eigenvalue weighted by Gasteiger charge is 2.67. The van der Waals surface area contributed by atoms with Crippen molar-refractivity contribution in [3.63, 3.8) is 0 Å². The molecular weight excluding hydrogens is 637 g/mol. The van der Waals surface area contributed by atoms with E-state index in [-0.39, 0.29) is 28.6 Å². The lowest BCUT2D eigenvalue weighted by molar-refractivity contribution is -0.822. The molecule has 2 aromatic carbocycles. The minimum Gasteiger partial charge on any atom is -0.508 e. The molecule has 7 rings (SSSR count). The fourth-order valence-corrected chi connectivity index (χ4v) is 9.06. The number of hydrogen-bond donors (Lipinski definition) is 6. The molecule has 0 bridgehead atoms. The number of fused-ring (bicyclic) bond motifs is 4. The second kappa shape index (κ2) is 11.1. The molecule has 0 spiro atoms. The third kappa shape index (κ3) is 4.33. The number of ketones is 2. The number of Topliss-reactive ketones (excluding diaryl/α,β-unsaturated/α-hetero) is 2. The summed E-state index contributed by atoms with van der Waals surface area (Å²) in [7, 11) is 4.65. The number of nitrogens with one attached hydrogen (secondary N) is 1. The topological polar surface area (TPSA) is 195 Å². The number of amides is 1. The van der Waals surface area contributed by atoms with Crippen molar-refractivity contribution in [2.45, 2.75) is 30.6 Å². The van der Waals surface area contributed by atoms with Gasteiger partial charge in [-0.3, -0.25) is 19.3 Å². The van der Waals surface area contributed by atoms with Gasteiger partial charge in [-0.05, 0) is 51.2 Å². The number of phenols is 1. The van der Waals surface area contributed by atoms with Crippen molar-refractivity contribution in [2.24, 2.45) is 11.8 Å². The molecule has 0 aromatic heterocycles. The van der Waals surface area contributed by atoms with Crippen LogP contribution in [-0.2, 0) is 29.3 Å². The molecule has 2 aromatic rings. The van der Waals surface area contributed by atoms with Crippen LogP contribution in [0.3, 0.4) is 0 Å². The van der Waals surface area contributed by atoms with Gasteiger partial charge < -0.3 is 49.3 Å². The third-order valence-corrected chi connectivity index (χ3v) is 11.6. The Bertz CT molecular complexity index is 1850. The number of aliphatic hydroxyl groups is 4. The van der Waals surface area contributed by atoms with Crippen molar-refractivity contribution in [2.75, 3.05) is 54.2 Å². The summed E-state index contributed by atoms with van der Waals surface area (Å²) in [6, 6.07) is 10.3. The van der Waals surface area contributed by atoms with Crippen LogP contribution in [0, 0.1) is 11.8 Å². The monoisotopic (exact) mass is 677 g/mol. The Morgan fingerprint density at radius 1 is 1.08 bits per heavy atom. The lowest BCUT2D eigenvalue weighted by Gasteiger charge is -2.53. The van der Waals surface area contributed by atoms with Crippen LogP contribution in [-0.4, -0.2) is 125 Å². The maximum atomic E-state index is 14.4. The Hall–Kier alpha value is -4.25. The number of carbonyl (C=O) groups excluding carboxylic acids is 3. The lowest BCUT2D eigenvalue weighted by atomic mass is 9.54. The number of phenolic OH excluding ortho intramolecular Hbond substituents is 1. The van der Waals surface area contributed by atoms with Crippen molar-refractivity contribution in [3.8, 4) is 11.5 Å². The van der Waals surface area contributed by atoms with E-state index < -0.39 is 81.7 Å². The minimum atomic E-state index is -2.82. The number of rotatable bonds is 6. The van der Waals surface area contributed by atoms with E-state index in [4.69, 9.17) is 14.0 Å². The number of aliphatic hydroxyl groups excluding tert-OH is 2. The zero-order valence-corrected chi connectivity index (χ0v) is 27.7. The quantitative estimate of drug-likeness (QED) is 0.177. The summed E-state index contributed by atoms with van der Waals surface area (Å²) in [6.07, 6.45) is -0.225. The van der Waals surface area contributed by atoms with Gasteiger partial charge in [0.1, 0.15) is 35.3 Å². The first-order chi connectivity index (χ1) is 23.2. The molecule has 6 N–H and O–H groups in total. The standard InChI is InChI=1S/C34H40BN3O11/c1-33(45)20-9-6-10-23(39)24(20)28(40)25-21(33)16-22-27(37(2)3)29(41)26(31(43)34(22,46)30(25)42)32(44)36-17-38-11-13-48-35(38,49-14-12-38)18-7-5-8-19(15-18)47-4/h5-10,15,21-22,27,39-40,43,45-46H,11-14,16-17H2,1-4H3,(H,36,44). The normalized spacial score (nSPS) is 35.2. The van der Waals surface area contributed by atoms with E-state index in [1.165, 1.54) is 30.0 Å². The van der Waals surface area contributed by atoms with Gasteiger partial charge >= 0.3 is 6.69 Å². The SMILES string of the molecule is COc1cccc([B-]23OCC[N+]2(CNC(=O)C2=C(O)C4(O)C(=O)C5=C(O)c6c(O)cccc6C(C)(O)C5CC4C(N(C)C)C2=O)CCO3)c1. The summed E-state index contributed by atoms with van der Waals surface area (Å²) in [4.78, 5) is 44.0. The van der Waals surface area contributed by atoms with Crippen LogP contribution in [0.25, 0.3) is 5.76 Å². The van der Waals surface area contributed by atoms with E-state index in [1.807, 2.05) is 18.2 Å². The molecule has 2 heterocycles. The van der Waals surface area contributed by atoms with E-state index in [9.17, 15) is 39.9 Å². The molecule has 1 saturated carbocycles. The number of ether oxygens (including phenoxy) is 1. The highest BCUT2D eigenvalue weighted by Crippen LogP contribution is 2.57. The molecule has 260 valence electrons. The predicted molar refractivity (Wildman–Crippen MR) is 174 cm³/mol. The second-order valence-electron chi connectivity index (χ2n) is 14.1. The van der Waals surface area contributed by atoms with Gasteiger partial charge in [-0.2, -0.15) is 0 Å². The van der Waals surface area contributed by atoms with Crippen LogP contribution in [0.5, 0.6) is 11.5 Å². The number of likely N-dealkylation sites (N-methyl/N-ethyl adjacent to an activating group) is 1. The van der Waals surface area contributed by atoms with Gasteiger partial charge in [-0.1, -0.05) is 29.7 Å². The predicted octanol–water partition coefficient (Wildman–Crippen LogP) is -0.0507. The Morgan fingerprint density at radius 3 is 2.41 bits per heavy atom. The van der Waals surface area contributed by atoms with Gasteiger partial charge in [-0.15, -0.1) is 0 Å². The van der Waals surface area contributed by atoms with Crippen LogP contribution in [0.15, 0.2) is 59.4 Å². The highest BCUT2D eigenvalue weighted by molar-refractivity contribution is 6.75. The summed E-state index contributed by atoms with van der Waals surface area (Å²) in [5, 5.41) is 60.4. The van der Waals surface area contributed by atoms with Crippen LogP contribution in [0.1, 0.15) is 24.5 Å². The van der Waals surface area contributed by atoms with E-state index in [1.54, 1.807) is 27.3 Å². The van der Waals surface area contributed by atoms with Crippen molar-refractivity contribution >= 4 is 35.4 Å². The fraction of sp³-hybridized carbons (Fsp3) is 0.441. The maximum Gasteiger partial charge on any atom is 0.504 e. The Morgan fingerprint density at radius 2 is 1.76 bits per heavy atom. The number of benzene rings is 2. The third-order valence-electron chi connectivity index (χ3n) is 11.6. The molecule has 2 aliphatic heterocycles. The number of nitrogens with zero attached hydrogens (tertiary/aromatic N) is 2. The molecule has 3 fully saturated rings. The molecule has 2 saturated heterocycles. The summed E-state index contributed by atoms with van der Waals surface area (Å²) >= 11 is 0. The van der Waals surface area contributed by atoms with Crippen LogP contribution >= 0.6 is 0 Å². The number of carbonyl (C=O) groups is 3. The molecule has 14 nitrogen and oxygen atoms in total. The molecule has 15 heteroatoms. The van der Waals surface area contributed by atoms with Gasteiger partial charge in [0.05, 0.1) is 50.6 Å². The Balaban J connectivity index is 1.28. The number of hydrogen-bond acceptors (Lipinski definition) is 12. The number of aromatic hydroxyl groups is 1. The van der Waals surface area contributed by atoms with Crippen molar-refractivity contribution in [1.82, 2.24) is 10.2 Å². The molecule has 5 unspecified atom stereocenters. The zero-order valence-electron chi connectivity index (χ0n) is 27.7. The van der Waals surface area contributed by atoms with Crippen LogP contribution < -0.4 is 15.5 Å². The largest absolute Gasteiger partial charge is 0.508 e. The highest BCUT2D eigenvalue weighted by atomic mass is 16.6. The van der Waals surface area contributed by atoms with E-state index in [0.29, 0.717) is 32.1 Å². The first-order valence-corrected chi connectivity index (χ1v) is 16.3. The first-order valence-electron chi connectivity index (χ1n) is 16.3. The molecule has 3 aliphatic carbocycles. The van der Waals surface area contributed by atoms with Crippen molar-refractivity contribution < 1.29 is 58.4 Å². The van der Waals surface area contributed by atoms with Crippen LogP contribution in [0.4, 0.5) is 0 Å². The summed E-state index contributed by atoms with van der Waals surface area (Å²) in [5.74, 6) is -7.02. The maximum absolute atomic E-state index is 14.4. The number of quaternary nitrogens is 1. The van der Waals surface area contributed by atoms with E-state index >= 15 is 0 Å². The molecule has 1 amide bonds. The molecule has 49 heavy (non-hydrogen) atoms. The minimum absolute atomic E-state index is 0.0600. The van der Waals surface area contributed by atoms with E-state index in [0.717, 1.165) is 5.46 Å². The van der Waals surface area contributed by atoms with Gasteiger partial charge in [0, 0.05) is 17.4 Å². The molecule has 5 aliphatic rings. The molecule has 0 radical (unpaired) electrons. The summed E-state index contributed by atoms with van der Waals surface area (Å²) in [6.45, 7) is 0.848. The average Bonchev–Trinajstić information content (AvgIpc) is 3.61. The Kier molecular flexibility index (Phi) is 7.56. The summed E-state index contributed by atoms with van der Waals surface area (Å²) < 4.78 is 18.1. The first kappa shape index (κ1) is 33.3. The lowest BCUT2D eigenvalue weighted by Crippen LogP contribution is -2.72.